The van der Waals surface area contributed by atoms with Gasteiger partial charge in [-0.15, -0.1) is 24.0 Å². The number of aliphatic imine (C=N–C) groups is 1. The van der Waals surface area contributed by atoms with Crippen LogP contribution in [0.2, 0.25) is 0 Å². The summed E-state index contributed by atoms with van der Waals surface area (Å²) in [6, 6.07) is 5.22. The molecular formula is C20H32FIN4O. The lowest BCUT2D eigenvalue weighted by molar-refractivity contribution is 0.172. The van der Waals surface area contributed by atoms with Crippen LogP contribution in [0, 0.1) is 11.7 Å². The summed E-state index contributed by atoms with van der Waals surface area (Å²) in [4.78, 5) is 9.11. The van der Waals surface area contributed by atoms with Gasteiger partial charge in [0.2, 0.25) is 0 Å². The molecule has 1 aliphatic heterocycles. The Morgan fingerprint density at radius 3 is 2.59 bits per heavy atom. The van der Waals surface area contributed by atoms with E-state index in [1.807, 2.05) is 13.1 Å². The molecule has 1 N–H and O–H groups in total. The van der Waals surface area contributed by atoms with E-state index in [1.165, 1.54) is 32.8 Å². The number of halogens is 2. The first kappa shape index (κ1) is 22.2. The fourth-order valence-corrected chi connectivity index (χ4v) is 3.51. The third-order valence-electron chi connectivity index (χ3n) is 5.28. The van der Waals surface area contributed by atoms with E-state index in [9.17, 15) is 4.39 Å². The largest absolute Gasteiger partial charge is 0.494 e. The smallest absolute Gasteiger partial charge is 0.193 e. The van der Waals surface area contributed by atoms with Crippen molar-refractivity contribution in [2.75, 3.05) is 46.9 Å². The second kappa shape index (κ2) is 11.0. The maximum Gasteiger partial charge on any atom is 0.193 e. The van der Waals surface area contributed by atoms with Gasteiger partial charge < -0.3 is 15.0 Å². The van der Waals surface area contributed by atoms with E-state index < -0.39 is 0 Å². The highest BCUT2D eigenvalue weighted by Gasteiger charge is 2.21. The molecule has 0 aromatic heterocycles. The standard InChI is InChI=1S/C20H31FN4O.HI/c1-22-20(23-9-3-4-16-5-6-16)25-12-10-24(11-13-25)15-17-7-8-19(26-2)18(21)14-17;/h7-8,14,16H,3-6,9-13,15H2,1-2H3,(H,22,23);1H. The zero-order valence-corrected chi connectivity index (χ0v) is 18.7. The lowest BCUT2D eigenvalue weighted by atomic mass is 10.2. The van der Waals surface area contributed by atoms with Gasteiger partial charge in [0.05, 0.1) is 7.11 Å². The Bertz CT molecular complexity index is 616. The van der Waals surface area contributed by atoms with E-state index in [2.05, 4.69) is 20.1 Å². The third kappa shape index (κ3) is 6.78. The van der Waals surface area contributed by atoms with Crippen molar-refractivity contribution in [3.8, 4) is 5.75 Å². The lowest BCUT2D eigenvalue weighted by Gasteiger charge is -2.36. The minimum Gasteiger partial charge on any atom is -0.494 e. The molecule has 1 saturated heterocycles. The van der Waals surface area contributed by atoms with Crippen molar-refractivity contribution in [1.82, 2.24) is 15.1 Å². The van der Waals surface area contributed by atoms with Crippen LogP contribution in [0.15, 0.2) is 23.2 Å². The van der Waals surface area contributed by atoms with E-state index in [1.54, 1.807) is 12.1 Å². The number of guanidine groups is 1. The number of ether oxygens (including phenoxy) is 1. The number of nitrogens with zero attached hydrogens (tertiary/aromatic N) is 3. The van der Waals surface area contributed by atoms with E-state index in [0.29, 0.717) is 5.75 Å². The molecule has 5 nitrogen and oxygen atoms in total. The molecule has 1 aliphatic carbocycles. The van der Waals surface area contributed by atoms with E-state index in [4.69, 9.17) is 4.74 Å². The monoisotopic (exact) mass is 490 g/mol. The highest BCUT2D eigenvalue weighted by atomic mass is 127. The van der Waals surface area contributed by atoms with Crippen LogP contribution < -0.4 is 10.1 Å². The Kier molecular flexibility index (Phi) is 9.08. The maximum atomic E-state index is 13.8. The number of hydrogen-bond acceptors (Lipinski definition) is 3. The highest BCUT2D eigenvalue weighted by molar-refractivity contribution is 14.0. The van der Waals surface area contributed by atoms with Crippen LogP contribution in [0.1, 0.15) is 31.2 Å². The molecule has 1 aromatic carbocycles. The number of methoxy groups -OCH3 is 1. The molecule has 0 atom stereocenters. The number of rotatable bonds is 7. The van der Waals surface area contributed by atoms with Gasteiger partial charge in [-0.3, -0.25) is 9.89 Å². The van der Waals surface area contributed by atoms with Crippen molar-refractivity contribution in [2.45, 2.75) is 32.2 Å². The first-order valence-corrected chi connectivity index (χ1v) is 9.70. The molecule has 1 heterocycles. The van der Waals surface area contributed by atoms with Gasteiger partial charge >= 0.3 is 0 Å². The minimum atomic E-state index is -0.292. The molecule has 0 unspecified atom stereocenters. The Morgan fingerprint density at radius 2 is 2.00 bits per heavy atom. The van der Waals surface area contributed by atoms with Crippen molar-refractivity contribution in [2.24, 2.45) is 10.9 Å². The molecule has 1 saturated carbocycles. The number of piperazine rings is 1. The molecule has 0 spiro atoms. The molecule has 27 heavy (non-hydrogen) atoms. The fourth-order valence-electron chi connectivity index (χ4n) is 3.51. The predicted octanol–water partition coefficient (Wildman–Crippen LogP) is 3.34. The molecule has 1 aromatic rings. The van der Waals surface area contributed by atoms with Gasteiger partial charge in [0, 0.05) is 46.3 Å². The summed E-state index contributed by atoms with van der Waals surface area (Å²) in [5.74, 6) is 2.01. The molecule has 7 heteroatoms. The summed E-state index contributed by atoms with van der Waals surface area (Å²) >= 11 is 0. The Balaban J connectivity index is 0.00000261. The molecule has 2 aliphatic rings. The second-order valence-corrected chi connectivity index (χ2v) is 7.29. The molecule has 0 amide bonds. The Morgan fingerprint density at radius 1 is 1.26 bits per heavy atom. The van der Waals surface area contributed by atoms with Gasteiger partial charge in [-0.05, 0) is 36.5 Å². The Labute approximate surface area is 179 Å². The van der Waals surface area contributed by atoms with Gasteiger partial charge in [-0.25, -0.2) is 4.39 Å². The van der Waals surface area contributed by atoms with Gasteiger partial charge in [-0.1, -0.05) is 18.9 Å². The summed E-state index contributed by atoms with van der Waals surface area (Å²) in [5.41, 5.74) is 0.985. The molecule has 0 bridgehead atoms. The van der Waals surface area contributed by atoms with Crippen LogP contribution in [-0.4, -0.2) is 62.6 Å². The van der Waals surface area contributed by atoms with Crippen molar-refractivity contribution in [3.05, 3.63) is 29.6 Å². The van der Waals surface area contributed by atoms with Crippen molar-refractivity contribution < 1.29 is 9.13 Å². The van der Waals surface area contributed by atoms with Crippen LogP contribution in [0.25, 0.3) is 0 Å². The second-order valence-electron chi connectivity index (χ2n) is 7.29. The summed E-state index contributed by atoms with van der Waals surface area (Å²) in [7, 11) is 3.35. The van der Waals surface area contributed by atoms with Crippen LogP contribution in [0.5, 0.6) is 5.75 Å². The normalized spacial score (nSPS) is 18.2. The number of benzene rings is 1. The quantitative estimate of drug-likeness (QED) is 0.276. The molecular weight excluding hydrogens is 458 g/mol. The Hall–Kier alpha value is -1.09. The fraction of sp³-hybridized carbons (Fsp3) is 0.650. The van der Waals surface area contributed by atoms with Crippen LogP contribution in [-0.2, 0) is 6.54 Å². The van der Waals surface area contributed by atoms with Crippen molar-refractivity contribution >= 4 is 29.9 Å². The van der Waals surface area contributed by atoms with Gasteiger partial charge in [0.25, 0.3) is 0 Å². The highest BCUT2D eigenvalue weighted by Crippen LogP contribution is 2.33. The van der Waals surface area contributed by atoms with Crippen LogP contribution in [0.4, 0.5) is 4.39 Å². The third-order valence-corrected chi connectivity index (χ3v) is 5.28. The summed E-state index contributed by atoms with van der Waals surface area (Å²) in [5, 5.41) is 3.50. The average molecular weight is 490 g/mol. The molecule has 3 rings (SSSR count). The first-order chi connectivity index (χ1) is 12.7. The van der Waals surface area contributed by atoms with Gasteiger partial charge in [0.1, 0.15) is 0 Å². The minimum absolute atomic E-state index is 0. The molecule has 0 radical (unpaired) electrons. The van der Waals surface area contributed by atoms with Crippen molar-refractivity contribution in [1.29, 1.82) is 0 Å². The summed E-state index contributed by atoms with van der Waals surface area (Å²) < 4.78 is 18.8. The van der Waals surface area contributed by atoms with Gasteiger partial charge in [-0.2, -0.15) is 0 Å². The summed E-state index contributed by atoms with van der Waals surface area (Å²) in [6.07, 6.45) is 5.42. The van der Waals surface area contributed by atoms with E-state index in [0.717, 1.165) is 56.7 Å². The number of nitrogens with one attached hydrogen (secondary N) is 1. The maximum absolute atomic E-state index is 13.8. The number of hydrogen-bond donors (Lipinski definition) is 1. The molecule has 2 fully saturated rings. The zero-order chi connectivity index (χ0) is 18.4. The topological polar surface area (TPSA) is 40.1 Å². The SMILES string of the molecule is CN=C(NCCCC1CC1)N1CCN(Cc2ccc(OC)c(F)c2)CC1.I. The molecule has 152 valence electrons. The van der Waals surface area contributed by atoms with Gasteiger partial charge in [0.15, 0.2) is 17.5 Å². The van der Waals surface area contributed by atoms with Crippen LogP contribution >= 0.6 is 24.0 Å². The predicted molar refractivity (Wildman–Crippen MR) is 119 cm³/mol. The van der Waals surface area contributed by atoms with E-state index in [-0.39, 0.29) is 29.8 Å². The first-order valence-electron chi connectivity index (χ1n) is 9.70. The van der Waals surface area contributed by atoms with Crippen molar-refractivity contribution in [3.63, 3.8) is 0 Å². The summed E-state index contributed by atoms with van der Waals surface area (Å²) in [6.45, 7) is 5.57. The average Bonchev–Trinajstić information content (AvgIpc) is 3.47. The zero-order valence-electron chi connectivity index (χ0n) is 16.4. The van der Waals surface area contributed by atoms with E-state index >= 15 is 0 Å². The van der Waals surface area contributed by atoms with Crippen LogP contribution in [0.3, 0.4) is 0 Å². The lowest BCUT2D eigenvalue weighted by Crippen LogP contribution is -2.52.